The highest BCUT2D eigenvalue weighted by Gasteiger charge is 2.22. The first kappa shape index (κ1) is 17.8. The van der Waals surface area contributed by atoms with E-state index in [1.165, 1.54) is 12.1 Å². The van der Waals surface area contributed by atoms with Crippen molar-refractivity contribution >= 4 is 15.7 Å². The lowest BCUT2D eigenvalue weighted by atomic mass is 10.1. The predicted octanol–water partition coefficient (Wildman–Crippen LogP) is 0.395. The van der Waals surface area contributed by atoms with Gasteiger partial charge in [0.15, 0.2) is 0 Å². The average Bonchev–Trinajstić information content (AvgIpc) is 2.47. The second-order valence-corrected chi connectivity index (χ2v) is 7.36. The number of nitro benzene ring substituents is 1. The normalized spacial score (nSPS) is 16.4. The molecule has 0 saturated carbocycles. The van der Waals surface area contributed by atoms with Crippen LogP contribution >= 0.6 is 0 Å². The van der Waals surface area contributed by atoms with Gasteiger partial charge in [0, 0.05) is 51.4 Å². The van der Waals surface area contributed by atoms with E-state index in [1.807, 2.05) is 0 Å². The largest absolute Gasteiger partial charge is 0.314 e. The molecule has 1 aliphatic heterocycles. The number of piperazine rings is 1. The molecule has 8 nitrogen and oxygen atoms in total. The molecule has 2 N–H and O–H groups in total. The third-order valence-electron chi connectivity index (χ3n) is 3.85. The van der Waals surface area contributed by atoms with Crippen LogP contribution in [0.15, 0.2) is 17.0 Å². The summed E-state index contributed by atoms with van der Waals surface area (Å²) >= 11 is 0. The van der Waals surface area contributed by atoms with Crippen LogP contribution < -0.4 is 10.0 Å². The Bertz CT molecular complexity index is 661. The smallest absolute Gasteiger partial charge is 0.270 e. The fraction of sp³-hybridized carbons (Fsp3) is 0.571. The van der Waals surface area contributed by atoms with Crippen molar-refractivity contribution in [2.24, 2.45) is 0 Å². The minimum atomic E-state index is -3.68. The lowest BCUT2D eigenvalue weighted by molar-refractivity contribution is -0.385. The van der Waals surface area contributed by atoms with Crippen molar-refractivity contribution in [2.45, 2.75) is 18.7 Å². The predicted molar refractivity (Wildman–Crippen MR) is 87.1 cm³/mol. The number of benzene rings is 1. The summed E-state index contributed by atoms with van der Waals surface area (Å²) < 4.78 is 27.6. The average molecular weight is 342 g/mol. The van der Waals surface area contributed by atoms with Gasteiger partial charge in [-0.05, 0) is 25.0 Å². The van der Waals surface area contributed by atoms with Gasteiger partial charge in [0.05, 0.1) is 9.82 Å². The topological polar surface area (TPSA) is 105 Å². The molecular formula is C14H22N4O4S. The van der Waals surface area contributed by atoms with Crippen LogP contribution in [0.5, 0.6) is 0 Å². The van der Waals surface area contributed by atoms with Gasteiger partial charge in [-0.2, -0.15) is 0 Å². The number of non-ortho nitro benzene ring substituents is 1. The standard InChI is InChI=1S/C14H22N4O4S/c1-11-9-13(18(19)20)10-12(2)14(11)23(21,22)16-5-8-17-6-3-15-4-7-17/h9-10,15-16H,3-8H2,1-2H3. The quantitative estimate of drug-likeness (QED) is 0.573. The molecule has 0 spiro atoms. The zero-order valence-corrected chi connectivity index (χ0v) is 14.1. The second-order valence-electron chi connectivity index (χ2n) is 5.66. The van der Waals surface area contributed by atoms with Gasteiger partial charge in [-0.3, -0.25) is 15.0 Å². The van der Waals surface area contributed by atoms with Crippen molar-refractivity contribution in [1.29, 1.82) is 0 Å². The minimum Gasteiger partial charge on any atom is -0.314 e. The molecule has 9 heteroatoms. The molecule has 128 valence electrons. The summed E-state index contributed by atoms with van der Waals surface area (Å²) in [6.45, 7) is 7.73. The van der Waals surface area contributed by atoms with Crippen molar-refractivity contribution in [3.63, 3.8) is 0 Å². The van der Waals surface area contributed by atoms with E-state index < -0.39 is 14.9 Å². The maximum Gasteiger partial charge on any atom is 0.270 e. The van der Waals surface area contributed by atoms with E-state index in [1.54, 1.807) is 13.8 Å². The number of rotatable bonds is 6. The number of nitro groups is 1. The van der Waals surface area contributed by atoms with Gasteiger partial charge in [-0.1, -0.05) is 0 Å². The molecule has 23 heavy (non-hydrogen) atoms. The Morgan fingerprint density at radius 3 is 2.35 bits per heavy atom. The SMILES string of the molecule is Cc1cc([N+](=O)[O-])cc(C)c1S(=O)(=O)NCCN1CCNCC1. The molecule has 1 aliphatic rings. The monoisotopic (exact) mass is 342 g/mol. The third-order valence-corrected chi connectivity index (χ3v) is 5.62. The summed E-state index contributed by atoms with van der Waals surface area (Å²) in [5.74, 6) is 0. The van der Waals surface area contributed by atoms with Crippen LogP contribution in [0.4, 0.5) is 5.69 Å². The first-order chi connectivity index (χ1) is 10.8. The fourth-order valence-corrected chi connectivity index (χ4v) is 4.27. The van der Waals surface area contributed by atoms with Gasteiger partial charge < -0.3 is 5.32 Å². The molecule has 1 fully saturated rings. The van der Waals surface area contributed by atoms with Crippen molar-refractivity contribution in [3.8, 4) is 0 Å². The Balaban J connectivity index is 2.08. The van der Waals surface area contributed by atoms with Crippen LogP contribution in [0, 0.1) is 24.0 Å². The molecule has 0 amide bonds. The van der Waals surface area contributed by atoms with E-state index in [-0.39, 0.29) is 10.6 Å². The van der Waals surface area contributed by atoms with Crippen LogP contribution in [0.25, 0.3) is 0 Å². The number of nitrogens with zero attached hydrogens (tertiary/aromatic N) is 2. The Morgan fingerprint density at radius 1 is 1.26 bits per heavy atom. The Hall–Kier alpha value is -1.55. The summed E-state index contributed by atoms with van der Waals surface area (Å²) in [5, 5.41) is 14.1. The van der Waals surface area contributed by atoms with E-state index >= 15 is 0 Å². The number of aryl methyl sites for hydroxylation is 2. The van der Waals surface area contributed by atoms with Crippen molar-refractivity contribution < 1.29 is 13.3 Å². The number of hydrogen-bond donors (Lipinski definition) is 2. The molecule has 2 rings (SSSR count). The van der Waals surface area contributed by atoms with E-state index in [0.717, 1.165) is 26.2 Å². The van der Waals surface area contributed by atoms with Crippen LogP contribution in [0.2, 0.25) is 0 Å². The maximum atomic E-state index is 12.5. The molecule has 1 heterocycles. The van der Waals surface area contributed by atoms with Crippen LogP contribution in [-0.4, -0.2) is 57.5 Å². The fourth-order valence-electron chi connectivity index (χ4n) is 2.80. The molecule has 0 aromatic heterocycles. The van der Waals surface area contributed by atoms with Gasteiger partial charge in [-0.15, -0.1) is 0 Å². The number of sulfonamides is 1. The Kier molecular flexibility index (Phi) is 5.69. The lowest BCUT2D eigenvalue weighted by Gasteiger charge is -2.27. The van der Waals surface area contributed by atoms with E-state index in [2.05, 4.69) is 14.9 Å². The molecule has 0 bridgehead atoms. The van der Waals surface area contributed by atoms with Gasteiger partial charge >= 0.3 is 0 Å². The maximum absolute atomic E-state index is 12.5. The zero-order chi connectivity index (χ0) is 17.0. The zero-order valence-electron chi connectivity index (χ0n) is 13.3. The van der Waals surface area contributed by atoms with Gasteiger partial charge in [-0.25, -0.2) is 13.1 Å². The molecule has 0 radical (unpaired) electrons. The number of hydrogen-bond acceptors (Lipinski definition) is 6. The van der Waals surface area contributed by atoms with Crippen LogP contribution in [0.1, 0.15) is 11.1 Å². The van der Waals surface area contributed by atoms with Gasteiger partial charge in [0.1, 0.15) is 0 Å². The summed E-state index contributed by atoms with van der Waals surface area (Å²) in [6, 6.07) is 2.58. The minimum absolute atomic E-state index is 0.0974. The van der Waals surface area contributed by atoms with Gasteiger partial charge in [0.2, 0.25) is 10.0 Å². The molecular weight excluding hydrogens is 320 g/mol. The van der Waals surface area contributed by atoms with Crippen LogP contribution in [0.3, 0.4) is 0 Å². The highest BCUT2D eigenvalue weighted by molar-refractivity contribution is 7.89. The van der Waals surface area contributed by atoms with Crippen molar-refractivity contribution in [3.05, 3.63) is 33.4 Å². The summed E-state index contributed by atoms with van der Waals surface area (Å²) in [7, 11) is -3.68. The molecule has 1 saturated heterocycles. The molecule has 0 aliphatic carbocycles. The first-order valence-electron chi connectivity index (χ1n) is 7.49. The Labute approximate surface area is 136 Å². The second kappa shape index (κ2) is 7.35. The first-order valence-corrected chi connectivity index (χ1v) is 8.98. The van der Waals surface area contributed by atoms with Crippen molar-refractivity contribution in [2.75, 3.05) is 39.3 Å². The van der Waals surface area contributed by atoms with E-state index in [0.29, 0.717) is 24.2 Å². The number of nitrogens with one attached hydrogen (secondary N) is 2. The van der Waals surface area contributed by atoms with Gasteiger partial charge in [0.25, 0.3) is 5.69 Å². The molecule has 0 unspecified atom stereocenters. The van der Waals surface area contributed by atoms with Crippen LogP contribution in [-0.2, 0) is 10.0 Å². The summed E-state index contributed by atoms with van der Waals surface area (Å²) in [5.41, 5.74) is 0.664. The lowest BCUT2D eigenvalue weighted by Crippen LogP contribution is -2.46. The molecule has 1 aromatic rings. The third kappa shape index (κ3) is 4.47. The molecule has 1 aromatic carbocycles. The summed E-state index contributed by atoms with van der Waals surface area (Å²) in [6.07, 6.45) is 0. The van der Waals surface area contributed by atoms with E-state index in [9.17, 15) is 18.5 Å². The Morgan fingerprint density at radius 2 is 1.83 bits per heavy atom. The van der Waals surface area contributed by atoms with Crippen molar-refractivity contribution in [1.82, 2.24) is 14.9 Å². The highest BCUT2D eigenvalue weighted by Crippen LogP contribution is 2.25. The molecule has 0 atom stereocenters. The highest BCUT2D eigenvalue weighted by atomic mass is 32.2. The summed E-state index contributed by atoms with van der Waals surface area (Å²) in [4.78, 5) is 12.6. The van der Waals surface area contributed by atoms with E-state index in [4.69, 9.17) is 0 Å².